The normalized spacial score (nSPS) is 20.1. The summed E-state index contributed by atoms with van der Waals surface area (Å²) in [7, 11) is 0. The van der Waals surface area contributed by atoms with Crippen LogP contribution in [0.4, 0.5) is 4.39 Å². The van der Waals surface area contributed by atoms with Crippen LogP contribution in [0.25, 0.3) is 0 Å². The molecule has 3 rings (SSSR count). The molecule has 2 N–H and O–H groups in total. The van der Waals surface area contributed by atoms with Crippen molar-refractivity contribution in [3.63, 3.8) is 0 Å². The van der Waals surface area contributed by atoms with Gasteiger partial charge in [0.25, 0.3) is 0 Å². The maximum Gasteiger partial charge on any atom is 0.123 e. The number of fused-ring (bicyclic) bond motifs is 1. The summed E-state index contributed by atoms with van der Waals surface area (Å²) in [5.41, 5.74) is 8.40. The Hall–Kier alpha value is -0.900. The van der Waals surface area contributed by atoms with Gasteiger partial charge in [-0.3, -0.25) is 0 Å². The lowest BCUT2D eigenvalue weighted by atomic mass is 9.80. The molecule has 1 aromatic carbocycles. The van der Waals surface area contributed by atoms with E-state index >= 15 is 0 Å². The molecule has 1 aliphatic carbocycles. The van der Waals surface area contributed by atoms with E-state index in [2.05, 4.69) is 11.4 Å². The zero-order valence-corrected chi connectivity index (χ0v) is 12.0. The Morgan fingerprint density at radius 1 is 1.37 bits per heavy atom. The molecule has 2 aromatic rings. The predicted molar refractivity (Wildman–Crippen MR) is 78.3 cm³/mol. The fourth-order valence-corrected chi connectivity index (χ4v) is 4.12. The molecule has 1 aromatic heterocycles. The summed E-state index contributed by atoms with van der Waals surface area (Å²) in [4.78, 5) is 1.42. The van der Waals surface area contributed by atoms with Gasteiger partial charge >= 0.3 is 0 Å². The van der Waals surface area contributed by atoms with Crippen molar-refractivity contribution in [1.82, 2.24) is 0 Å². The van der Waals surface area contributed by atoms with Crippen LogP contribution in [0, 0.1) is 5.82 Å². The van der Waals surface area contributed by atoms with Gasteiger partial charge in [-0.15, -0.1) is 11.3 Å². The van der Waals surface area contributed by atoms with Crippen LogP contribution >= 0.6 is 22.9 Å². The number of rotatable bonds is 2. The highest BCUT2D eigenvalue weighted by molar-refractivity contribution is 7.10. The first-order valence-corrected chi connectivity index (χ1v) is 7.69. The second kappa shape index (κ2) is 5.23. The van der Waals surface area contributed by atoms with E-state index in [1.54, 1.807) is 17.4 Å². The second-order valence-corrected chi connectivity index (χ2v) is 6.40. The van der Waals surface area contributed by atoms with Crippen LogP contribution in [0.15, 0.2) is 29.6 Å². The number of thiophene rings is 1. The quantitative estimate of drug-likeness (QED) is 0.857. The maximum atomic E-state index is 13.4. The van der Waals surface area contributed by atoms with Crippen LogP contribution in [0.3, 0.4) is 0 Å². The first-order valence-electron chi connectivity index (χ1n) is 6.43. The van der Waals surface area contributed by atoms with E-state index in [-0.39, 0.29) is 17.8 Å². The highest BCUT2D eigenvalue weighted by Crippen LogP contribution is 2.42. The van der Waals surface area contributed by atoms with Crippen molar-refractivity contribution in [2.75, 3.05) is 0 Å². The average Bonchev–Trinajstić information content (AvgIpc) is 2.89. The summed E-state index contributed by atoms with van der Waals surface area (Å²) in [6, 6.07) is 6.33. The van der Waals surface area contributed by atoms with E-state index < -0.39 is 0 Å². The lowest BCUT2D eigenvalue weighted by Gasteiger charge is -2.29. The molecule has 19 heavy (non-hydrogen) atoms. The molecule has 100 valence electrons. The molecule has 1 nitrogen and oxygen atoms in total. The third-order valence-electron chi connectivity index (χ3n) is 3.85. The largest absolute Gasteiger partial charge is 0.323 e. The standard InChI is InChI=1S/C15H15ClFNS/c16-13-5-4-9(17)8-12(13)15(18)11-2-1-3-14-10(11)6-7-19-14/h4-8,11,15H,1-3,18H2. The van der Waals surface area contributed by atoms with Crippen molar-refractivity contribution < 1.29 is 4.39 Å². The Labute approximate surface area is 121 Å². The molecule has 0 spiro atoms. The van der Waals surface area contributed by atoms with Gasteiger partial charge < -0.3 is 5.73 Å². The molecule has 1 aliphatic rings. The fraction of sp³-hybridized carbons (Fsp3) is 0.333. The summed E-state index contributed by atoms with van der Waals surface area (Å²) in [5.74, 6) is -0.0366. The second-order valence-electron chi connectivity index (χ2n) is 4.99. The number of nitrogens with two attached hydrogens (primary N) is 1. The Kier molecular flexibility index (Phi) is 3.61. The SMILES string of the molecule is NC(c1cc(F)ccc1Cl)C1CCCc2sccc21. The van der Waals surface area contributed by atoms with Crippen LogP contribution in [0.1, 0.15) is 40.8 Å². The lowest BCUT2D eigenvalue weighted by molar-refractivity contribution is 0.477. The van der Waals surface area contributed by atoms with Gasteiger partial charge in [0.15, 0.2) is 0 Å². The number of hydrogen-bond donors (Lipinski definition) is 1. The molecule has 0 fully saturated rings. The molecule has 4 heteroatoms. The Morgan fingerprint density at radius 2 is 2.21 bits per heavy atom. The van der Waals surface area contributed by atoms with Crippen molar-refractivity contribution in [2.24, 2.45) is 5.73 Å². The first kappa shape index (κ1) is 13.1. The highest BCUT2D eigenvalue weighted by Gasteiger charge is 2.28. The smallest absolute Gasteiger partial charge is 0.123 e. The topological polar surface area (TPSA) is 26.0 Å². The summed E-state index contributed by atoms with van der Waals surface area (Å²) < 4.78 is 13.4. The summed E-state index contributed by atoms with van der Waals surface area (Å²) >= 11 is 7.95. The van der Waals surface area contributed by atoms with Gasteiger partial charge in [0.05, 0.1) is 0 Å². The zero-order valence-electron chi connectivity index (χ0n) is 10.4. The van der Waals surface area contributed by atoms with Gasteiger partial charge in [-0.25, -0.2) is 4.39 Å². The molecule has 2 atom stereocenters. The van der Waals surface area contributed by atoms with Crippen LogP contribution in [-0.2, 0) is 6.42 Å². The number of benzene rings is 1. The van der Waals surface area contributed by atoms with Crippen molar-refractivity contribution >= 4 is 22.9 Å². The average molecular weight is 296 g/mol. The lowest BCUT2D eigenvalue weighted by Crippen LogP contribution is -2.23. The van der Waals surface area contributed by atoms with Crippen LogP contribution in [-0.4, -0.2) is 0 Å². The molecule has 0 saturated heterocycles. The summed E-state index contributed by atoms with van der Waals surface area (Å²) in [6.07, 6.45) is 3.31. The van der Waals surface area contributed by atoms with Gasteiger partial charge in [-0.1, -0.05) is 11.6 Å². The minimum Gasteiger partial charge on any atom is -0.323 e. The molecular formula is C15H15ClFNS. The minimum atomic E-state index is -0.281. The summed E-state index contributed by atoms with van der Waals surface area (Å²) in [6.45, 7) is 0. The zero-order chi connectivity index (χ0) is 13.4. The molecular weight excluding hydrogens is 281 g/mol. The molecule has 0 bridgehead atoms. The molecule has 0 saturated carbocycles. The van der Waals surface area contributed by atoms with Crippen LogP contribution < -0.4 is 5.73 Å². The van der Waals surface area contributed by atoms with Crippen molar-refractivity contribution in [3.8, 4) is 0 Å². The molecule has 2 unspecified atom stereocenters. The highest BCUT2D eigenvalue weighted by atomic mass is 35.5. The van der Waals surface area contributed by atoms with Gasteiger partial charge in [-0.2, -0.15) is 0 Å². The van der Waals surface area contributed by atoms with Crippen molar-refractivity contribution in [1.29, 1.82) is 0 Å². The van der Waals surface area contributed by atoms with Gasteiger partial charge in [0.2, 0.25) is 0 Å². The van der Waals surface area contributed by atoms with Crippen molar-refractivity contribution in [3.05, 3.63) is 56.5 Å². The number of hydrogen-bond acceptors (Lipinski definition) is 2. The van der Waals surface area contributed by atoms with Gasteiger partial charge in [-0.05, 0) is 60.0 Å². The van der Waals surface area contributed by atoms with Gasteiger partial charge in [0, 0.05) is 21.9 Å². The van der Waals surface area contributed by atoms with Crippen molar-refractivity contribution in [2.45, 2.75) is 31.2 Å². The predicted octanol–water partition coefficient (Wildman–Crippen LogP) is 4.66. The summed E-state index contributed by atoms with van der Waals surface area (Å²) in [5, 5.41) is 2.67. The first-order chi connectivity index (χ1) is 9.16. The van der Waals surface area contributed by atoms with E-state index in [0.29, 0.717) is 10.6 Å². The Bertz CT molecular complexity index is 596. The van der Waals surface area contributed by atoms with E-state index in [0.717, 1.165) is 19.3 Å². The maximum absolute atomic E-state index is 13.4. The molecule has 0 radical (unpaired) electrons. The van der Waals surface area contributed by atoms with E-state index in [1.807, 2.05) is 0 Å². The monoisotopic (exact) mass is 295 g/mol. The fourth-order valence-electron chi connectivity index (χ4n) is 2.88. The Morgan fingerprint density at radius 3 is 3.05 bits per heavy atom. The van der Waals surface area contributed by atoms with E-state index in [1.165, 1.54) is 22.6 Å². The van der Waals surface area contributed by atoms with E-state index in [4.69, 9.17) is 17.3 Å². The van der Waals surface area contributed by atoms with E-state index in [9.17, 15) is 4.39 Å². The van der Waals surface area contributed by atoms with Gasteiger partial charge in [0.1, 0.15) is 5.82 Å². The van der Waals surface area contributed by atoms with Crippen LogP contribution in [0.2, 0.25) is 5.02 Å². The third kappa shape index (κ3) is 2.42. The molecule has 1 heterocycles. The third-order valence-corrected chi connectivity index (χ3v) is 5.19. The number of halogens is 2. The molecule has 0 aliphatic heterocycles. The minimum absolute atomic E-state index is 0.239. The number of aryl methyl sites for hydroxylation is 1. The molecule has 0 amide bonds. The Balaban J connectivity index is 1.97. The van der Waals surface area contributed by atoms with Crippen LogP contribution in [0.5, 0.6) is 0 Å².